The van der Waals surface area contributed by atoms with Crippen LogP contribution in [0.4, 0.5) is 5.82 Å². The first-order valence-electron chi connectivity index (χ1n) is 5.15. The third kappa shape index (κ3) is 1.97. The minimum atomic E-state index is -0.775. The molecular formula is C9H15N5O3. The molecule has 3 atom stereocenters. The van der Waals surface area contributed by atoms with Gasteiger partial charge in [-0.3, -0.25) is 9.98 Å². The number of anilines is 1. The number of aromatic nitrogens is 2. The summed E-state index contributed by atoms with van der Waals surface area (Å²) in [5.41, 5.74) is 11.2. The predicted molar refractivity (Wildman–Crippen MR) is 59.3 cm³/mol. The molecule has 1 aliphatic rings. The summed E-state index contributed by atoms with van der Waals surface area (Å²) in [6.45, 7) is -0.165. The molecule has 0 aromatic carbocycles. The molecule has 1 aliphatic heterocycles. The molecule has 0 radical (unpaired) electrons. The highest BCUT2D eigenvalue weighted by molar-refractivity contribution is 5.97. The van der Waals surface area contributed by atoms with Crippen molar-refractivity contribution in [3.63, 3.8) is 0 Å². The van der Waals surface area contributed by atoms with E-state index in [1.54, 1.807) is 0 Å². The van der Waals surface area contributed by atoms with Crippen molar-refractivity contribution in [2.75, 3.05) is 12.3 Å². The first kappa shape index (κ1) is 11.8. The van der Waals surface area contributed by atoms with Crippen molar-refractivity contribution in [1.82, 2.24) is 9.55 Å². The molecule has 0 bridgehead atoms. The number of hydrogen-bond donors (Lipinski definition) is 5. The van der Waals surface area contributed by atoms with Gasteiger partial charge in [-0.2, -0.15) is 0 Å². The number of aliphatic hydroxyl groups excluding tert-OH is 2. The SMILES string of the molecule is N=C(N)c1ncn(C2OC(CO)CC2O)c1N. The van der Waals surface area contributed by atoms with Gasteiger partial charge in [-0.15, -0.1) is 0 Å². The van der Waals surface area contributed by atoms with E-state index >= 15 is 0 Å². The quantitative estimate of drug-likeness (QED) is 0.318. The lowest BCUT2D eigenvalue weighted by Gasteiger charge is -2.17. The van der Waals surface area contributed by atoms with E-state index in [9.17, 15) is 5.11 Å². The first-order valence-corrected chi connectivity index (χ1v) is 5.15. The largest absolute Gasteiger partial charge is 0.394 e. The fourth-order valence-corrected chi connectivity index (χ4v) is 1.88. The van der Waals surface area contributed by atoms with Gasteiger partial charge >= 0.3 is 0 Å². The molecule has 2 heterocycles. The minimum absolute atomic E-state index is 0.160. The molecule has 3 unspecified atom stereocenters. The number of rotatable bonds is 3. The molecule has 0 spiro atoms. The Labute approximate surface area is 97.3 Å². The maximum absolute atomic E-state index is 9.79. The Bertz CT molecular complexity index is 432. The standard InChI is InChI=1S/C9H15N5O3/c10-7(11)6-8(12)14(3-13-6)9-5(16)1-4(2-15)17-9/h3-5,9,15-16H,1-2,12H2,(H3,10,11). The van der Waals surface area contributed by atoms with Crippen LogP contribution in [0, 0.1) is 5.41 Å². The second kappa shape index (κ2) is 4.32. The van der Waals surface area contributed by atoms with Gasteiger partial charge in [0.05, 0.1) is 19.0 Å². The van der Waals surface area contributed by atoms with Crippen LogP contribution in [-0.4, -0.2) is 44.4 Å². The van der Waals surface area contributed by atoms with Gasteiger partial charge in [-0.25, -0.2) is 4.98 Å². The fourth-order valence-electron chi connectivity index (χ4n) is 1.88. The van der Waals surface area contributed by atoms with Gasteiger partial charge < -0.3 is 26.4 Å². The van der Waals surface area contributed by atoms with Gasteiger partial charge in [0, 0.05) is 6.42 Å². The highest BCUT2D eigenvalue weighted by Crippen LogP contribution is 2.31. The number of imidazole rings is 1. The third-order valence-electron chi connectivity index (χ3n) is 2.73. The zero-order valence-corrected chi connectivity index (χ0v) is 9.08. The van der Waals surface area contributed by atoms with Crippen LogP contribution in [0.15, 0.2) is 6.33 Å². The summed E-state index contributed by atoms with van der Waals surface area (Å²) in [5, 5.41) is 26.0. The maximum Gasteiger partial charge on any atom is 0.163 e. The van der Waals surface area contributed by atoms with Gasteiger partial charge in [0.15, 0.2) is 6.23 Å². The Hall–Kier alpha value is -1.64. The number of ether oxygens (including phenoxy) is 1. The van der Waals surface area contributed by atoms with Crippen molar-refractivity contribution in [2.45, 2.75) is 24.9 Å². The second-order valence-electron chi connectivity index (χ2n) is 3.93. The molecule has 1 aromatic rings. The van der Waals surface area contributed by atoms with E-state index in [1.165, 1.54) is 10.9 Å². The number of amidine groups is 1. The van der Waals surface area contributed by atoms with Gasteiger partial charge in [0.2, 0.25) is 0 Å². The molecule has 1 saturated heterocycles. The van der Waals surface area contributed by atoms with Crippen molar-refractivity contribution >= 4 is 11.7 Å². The molecule has 8 nitrogen and oxygen atoms in total. The van der Waals surface area contributed by atoms with Crippen molar-refractivity contribution in [1.29, 1.82) is 5.41 Å². The van der Waals surface area contributed by atoms with E-state index < -0.39 is 18.4 Å². The lowest BCUT2D eigenvalue weighted by molar-refractivity contribution is -0.0494. The van der Waals surface area contributed by atoms with Gasteiger partial charge in [-0.1, -0.05) is 0 Å². The van der Waals surface area contributed by atoms with Gasteiger partial charge in [-0.05, 0) is 0 Å². The first-order chi connectivity index (χ1) is 8.04. The molecule has 17 heavy (non-hydrogen) atoms. The summed E-state index contributed by atoms with van der Waals surface area (Å²) in [4.78, 5) is 3.88. The summed E-state index contributed by atoms with van der Waals surface area (Å²) in [5.74, 6) is -0.0763. The van der Waals surface area contributed by atoms with E-state index in [1.807, 2.05) is 0 Å². The van der Waals surface area contributed by atoms with E-state index in [2.05, 4.69) is 4.98 Å². The Morgan fingerprint density at radius 3 is 2.88 bits per heavy atom. The highest BCUT2D eigenvalue weighted by Gasteiger charge is 2.36. The number of hydrogen-bond acceptors (Lipinski definition) is 6. The monoisotopic (exact) mass is 241 g/mol. The van der Waals surface area contributed by atoms with Crippen LogP contribution >= 0.6 is 0 Å². The van der Waals surface area contributed by atoms with Crippen LogP contribution in [0.1, 0.15) is 18.3 Å². The lowest BCUT2D eigenvalue weighted by atomic mass is 10.2. The smallest absolute Gasteiger partial charge is 0.163 e. The van der Waals surface area contributed by atoms with Gasteiger partial charge in [0.25, 0.3) is 0 Å². The lowest BCUT2D eigenvalue weighted by Crippen LogP contribution is -2.21. The average molecular weight is 241 g/mol. The topological polar surface area (TPSA) is 143 Å². The van der Waals surface area contributed by atoms with Crippen LogP contribution in [-0.2, 0) is 4.74 Å². The Kier molecular flexibility index (Phi) is 3.01. The molecule has 1 fully saturated rings. The van der Waals surface area contributed by atoms with Crippen LogP contribution in [0.3, 0.4) is 0 Å². The van der Waals surface area contributed by atoms with Crippen LogP contribution in [0.2, 0.25) is 0 Å². The summed E-state index contributed by atoms with van der Waals surface area (Å²) in [6.07, 6.45) is -0.206. The summed E-state index contributed by atoms with van der Waals surface area (Å²) in [6, 6.07) is 0. The third-order valence-corrected chi connectivity index (χ3v) is 2.73. The molecule has 8 heteroatoms. The van der Waals surface area contributed by atoms with E-state index in [0.717, 1.165) is 0 Å². The zero-order chi connectivity index (χ0) is 12.6. The highest BCUT2D eigenvalue weighted by atomic mass is 16.5. The Morgan fingerprint density at radius 2 is 2.41 bits per heavy atom. The van der Waals surface area contributed by atoms with Crippen LogP contribution in [0.5, 0.6) is 0 Å². The number of nitrogen functional groups attached to an aromatic ring is 2. The molecule has 7 N–H and O–H groups in total. The van der Waals surface area contributed by atoms with Crippen LogP contribution in [0.25, 0.3) is 0 Å². The average Bonchev–Trinajstić information content (AvgIpc) is 2.81. The molecule has 0 amide bonds. The van der Waals surface area contributed by atoms with Crippen LogP contribution < -0.4 is 11.5 Å². The van der Waals surface area contributed by atoms with Crippen molar-refractivity contribution in [2.24, 2.45) is 5.73 Å². The molecular weight excluding hydrogens is 226 g/mol. The number of nitrogens with zero attached hydrogens (tertiary/aromatic N) is 2. The molecule has 0 aliphatic carbocycles. The molecule has 1 aromatic heterocycles. The van der Waals surface area contributed by atoms with E-state index in [-0.39, 0.29) is 24.0 Å². The van der Waals surface area contributed by atoms with E-state index in [4.69, 9.17) is 26.7 Å². The van der Waals surface area contributed by atoms with Crippen molar-refractivity contribution in [3.8, 4) is 0 Å². The maximum atomic E-state index is 9.79. The number of nitrogens with one attached hydrogen (secondary N) is 1. The summed E-state index contributed by atoms with van der Waals surface area (Å²) >= 11 is 0. The Balaban J connectivity index is 2.26. The minimum Gasteiger partial charge on any atom is -0.394 e. The Morgan fingerprint density at radius 1 is 1.71 bits per heavy atom. The molecule has 0 saturated carbocycles. The number of aliphatic hydroxyl groups is 2. The molecule has 94 valence electrons. The van der Waals surface area contributed by atoms with Gasteiger partial charge in [0.1, 0.15) is 23.5 Å². The number of nitrogens with two attached hydrogens (primary N) is 2. The predicted octanol–water partition coefficient (Wildman–Crippen LogP) is -1.61. The summed E-state index contributed by atoms with van der Waals surface area (Å²) in [7, 11) is 0. The normalized spacial score (nSPS) is 28.5. The van der Waals surface area contributed by atoms with Crippen molar-refractivity contribution in [3.05, 3.63) is 12.0 Å². The molecule has 2 rings (SSSR count). The van der Waals surface area contributed by atoms with E-state index in [0.29, 0.717) is 6.42 Å². The fraction of sp³-hybridized carbons (Fsp3) is 0.556. The second-order valence-corrected chi connectivity index (χ2v) is 3.93. The summed E-state index contributed by atoms with van der Waals surface area (Å²) < 4.78 is 6.83. The zero-order valence-electron chi connectivity index (χ0n) is 9.08. The van der Waals surface area contributed by atoms with Crippen molar-refractivity contribution < 1.29 is 14.9 Å².